The molecule has 2 aromatic rings. The molecule has 2 aromatic carbocycles. The van der Waals surface area contributed by atoms with Crippen molar-refractivity contribution in [2.75, 3.05) is 0 Å². The van der Waals surface area contributed by atoms with E-state index in [-0.39, 0.29) is 10.5 Å². The largest absolute Gasteiger partial charge is 0.282 e. The highest BCUT2D eigenvalue weighted by molar-refractivity contribution is 8.13. The molecule has 0 radical (unpaired) electrons. The van der Waals surface area contributed by atoms with Gasteiger partial charge in [-0.3, -0.25) is 4.79 Å². The summed E-state index contributed by atoms with van der Waals surface area (Å²) in [5, 5.41) is 0.130. The SMILES string of the molecule is CC(C)(C)c1ccc(CSC(=O)c2ccccc2)cc1. The summed E-state index contributed by atoms with van der Waals surface area (Å²) < 4.78 is 0. The first-order valence-corrected chi connectivity index (χ1v) is 7.77. The van der Waals surface area contributed by atoms with Crippen molar-refractivity contribution in [3.63, 3.8) is 0 Å². The van der Waals surface area contributed by atoms with Crippen LogP contribution < -0.4 is 0 Å². The lowest BCUT2D eigenvalue weighted by atomic mass is 9.87. The van der Waals surface area contributed by atoms with Gasteiger partial charge in [-0.05, 0) is 16.5 Å². The van der Waals surface area contributed by atoms with Crippen molar-refractivity contribution < 1.29 is 4.79 Å². The zero-order chi connectivity index (χ0) is 14.6. The Morgan fingerprint density at radius 2 is 1.55 bits per heavy atom. The Morgan fingerprint density at radius 1 is 0.950 bits per heavy atom. The maximum atomic E-state index is 12.0. The topological polar surface area (TPSA) is 17.1 Å². The van der Waals surface area contributed by atoms with E-state index in [0.717, 1.165) is 11.3 Å². The average molecular weight is 284 g/mol. The van der Waals surface area contributed by atoms with Crippen LogP contribution in [-0.4, -0.2) is 5.12 Å². The number of hydrogen-bond donors (Lipinski definition) is 0. The van der Waals surface area contributed by atoms with Crippen LogP contribution in [0.1, 0.15) is 42.3 Å². The van der Waals surface area contributed by atoms with E-state index in [2.05, 4.69) is 45.0 Å². The summed E-state index contributed by atoms with van der Waals surface area (Å²) in [6, 6.07) is 18.0. The summed E-state index contributed by atoms with van der Waals surface area (Å²) in [5.41, 5.74) is 3.45. The minimum atomic E-state index is 0.130. The molecule has 0 aromatic heterocycles. The van der Waals surface area contributed by atoms with Crippen LogP contribution in [0.25, 0.3) is 0 Å². The minimum Gasteiger partial charge on any atom is -0.282 e. The molecule has 0 heterocycles. The van der Waals surface area contributed by atoms with E-state index in [0.29, 0.717) is 0 Å². The molecule has 104 valence electrons. The van der Waals surface area contributed by atoms with E-state index in [1.54, 1.807) is 0 Å². The smallest absolute Gasteiger partial charge is 0.219 e. The third kappa shape index (κ3) is 3.97. The lowest BCUT2D eigenvalue weighted by Gasteiger charge is -2.19. The fourth-order valence-corrected chi connectivity index (χ4v) is 2.70. The zero-order valence-corrected chi connectivity index (χ0v) is 13.0. The fourth-order valence-electron chi connectivity index (χ4n) is 1.91. The standard InChI is InChI=1S/C18H20OS/c1-18(2,3)16-11-9-14(10-12-16)13-20-17(19)15-7-5-4-6-8-15/h4-12H,13H2,1-3H3. The normalized spacial score (nSPS) is 11.3. The van der Waals surface area contributed by atoms with Gasteiger partial charge in [-0.1, -0.05) is 87.1 Å². The van der Waals surface area contributed by atoms with Crippen LogP contribution in [0.4, 0.5) is 0 Å². The van der Waals surface area contributed by atoms with Crippen molar-refractivity contribution in [2.24, 2.45) is 0 Å². The Kier molecular flexibility index (Phi) is 4.66. The van der Waals surface area contributed by atoms with Crippen LogP contribution in [0.3, 0.4) is 0 Å². The molecular formula is C18H20OS. The maximum Gasteiger partial charge on any atom is 0.219 e. The van der Waals surface area contributed by atoms with Gasteiger partial charge in [0.1, 0.15) is 0 Å². The molecule has 0 aliphatic heterocycles. The van der Waals surface area contributed by atoms with Gasteiger partial charge in [0.15, 0.2) is 0 Å². The summed E-state index contributed by atoms with van der Waals surface area (Å²) in [6.07, 6.45) is 0. The van der Waals surface area contributed by atoms with Gasteiger partial charge in [0, 0.05) is 11.3 Å². The van der Waals surface area contributed by atoms with Gasteiger partial charge < -0.3 is 0 Å². The van der Waals surface area contributed by atoms with Gasteiger partial charge in [-0.15, -0.1) is 0 Å². The van der Waals surface area contributed by atoms with Crippen LogP contribution in [0, 0.1) is 0 Å². The molecule has 0 aliphatic carbocycles. The Bertz CT molecular complexity index is 565. The Morgan fingerprint density at radius 3 is 2.10 bits per heavy atom. The molecule has 20 heavy (non-hydrogen) atoms. The molecule has 0 spiro atoms. The van der Waals surface area contributed by atoms with Gasteiger partial charge >= 0.3 is 0 Å². The second kappa shape index (κ2) is 6.27. The van der Waals surface area contributed by atoms with Crippen LogP contribution in [0.15, 0.2) is 54.6 Å². The van der Waals surface area contributed by atoms with Crippen molar-refractivity contribution in [1.82, 2.24) is 0 Å². The van der Waals surface area contributed by atoms with Gasteiger partial charge in [0.2, 0.25) is 5.12 Å². The number of thioether (sulfide) groups is 1. The minimum absolute atomic E-state index is 0.130. The molecule has 0 atom stereocenters. The quantitative estimate of drug-likeness (QED) is 0.784. The molecule has 0 amide bonds. The predicted molar refractivity (Wildman–Crippen MR) is 87.2 cm³/mol. The van der Waals surface area contributed by atoms with Crippen LogP contribution in [-0.2, 0) is 11.2 Å². The number of rotatable bonds is 3. The Balaban J connectivity index is 1.96. The molecule has 0 bridgehead atoms. The second-order valence-corrected chi connectivity index (χ2v) is 6.84. The summed E-state index contributed by atoms with van der Waals surface area (Å²) in [6.45, 7) is 6.61. The summed E-state index contributed by atoms with van der Waals surface area (Å²) in [7, 11) is 0. The molecule has 0 N–H and O–H groups in total. The van der Waals surface area contributed by atoms with Gasteiger partial charge in [0.05, 0.1) is 0 Å². The number of carbonyl (C=O) groups is 1. The van der Waals surface area contributed by atoms with Crippen molar-refractivity contribution in [3.8, 4) is 0 Å². The summed E-state index contributed by atoms with van der Waals surface area (Å²) in [5.74, 6) is 0.720. The van der Waals surface area contributed by atoms with Crippen molar-refractivity contribution >= 4 is 16.9 Å². The summed E-state index contributed by atoms with van der Waals surface area (Å²) >= 11 is 1.36. The highest BCUT2D eigenvalue weighted by Gasteiger charge is 2.13. The Labute approximate surface area is 125 Å². The molecule has 2 rings (SSSR count). The summed E-state index contributed by atoms with van der Waals surface area (Å²) in [4.78, 5) is 12.0. The van der Waals surface area contributed by atoms with E-state index in [1.165, 1.54) is 22.9 Å². The van der Waals surface area contributed by atoms with Crippen molar-refractivity contribution in [2.45, 2.75) is 31.9 Å². The van der Waals surface area contributed by atoms with Gasteiger partial charge in [-0.25, -0.2) is 0 Å². The van der Waals surface area contributed by atoms with Gasteiger partial charge in [0.25, 0.3) is 0 Å². The molecule has 2 heteroatoms. The van der Waals surface area contributed by atoms with Crippen LogP contribution in [0.2, 0.25) is 0 Å². The van der Waals surface area contributed by atoms with E-state index in [1.807, 2.05) is 30.3 Å². The third-order valence-electron chi connectivity index (χ3n) is 3.20. The number of carbonyl (C=O) groups excluding carboxylic acids is 1. The molecule has 0 saturated heterocycles. The van der Waals surface area contributed by atoms with E-state index in [4.69, 9.17) is 0 Å². The highest BCUT2D eigenvalue weighted by atomic mass is 32.2. The fraction of sp³-hybridized carbons (Fsp3) is 0.278. The third-order valence-corrected chi connectivity index (χ3v) is 4.17. The lowest BCUT2D eigenvalue weighted by Crippen LogP contribution is -2.10. The first-order valence-electron chi connectivity index (χ1n) is 6.78. The maximum absolute atomic E-state index is 12.0. The van der Waals surface area contributed by atoms with Crippen molar-refractivity contribution in [1.29, 1.82) is 0 Å². The molecule has 1 nitrogen and oxygen atoms in total. The number of hydrogen-bond acceptors (Lipinski definition) is 2. The molecule has 0 fully saturated rings. The molecule has 0 unspecified atom stereocenters. The molecule has 0 aliphatic rings. The monoisotopic (exact) mass is 284 g/mol. The number of benzene rings is 2. The zero-order valence-electron chi connectivity index (χ0n) is 12.2. The first kappa shape index (κ1) is 14.9. The second-order valence-electron chi connectivity index (χ2n) is 5.89. The molecular weight excluding hydrogens is 264 g/mol. The van der Waals surface area contributed by atoms with E-state index < -0.39 is 0 Å². The first-order chi connectivity index (χ1) is 9.47. The van der Waals surface area contributed by atoms with Crippen molar-refractivity contribution in [3.05, 3.63) is 71.3 Å². The lowest BCUT2D eigenvalue weighted by molar-refractivity contribution is 0.108. The van der Waals surface area contributed by atoms with E-state index in [9.17, 15) is 4.79 Å². The Hall–Kier alpha value is -1.54. The van der Waals surface area contributed by atoms with Gasteiger partial charge in [-0.2, -0.15) is 0 Å². The average Bonchev–Trinajstić information content (AvgIpc) is 2.45. The predicted octanol–water partition coefficient (Wildman–Crippen LogP) is 5.06. The van der Waals surface area contributed by atoms with Crippen LogP contribution >= 0.6 is 11.8 Å². The molecule has 0 saturated carbocycles. The highest BCUT2D eigenvalue weighted by Crippen LogP contribution is 2.24. The van der Waals surface area contributed by atoms with Crippen LogP contribution in [0.5, 0.6) is 0 Å². The van der Waals surface area contributed by atoms with E-state index >= 15 is 0 Å².